The number of ether oxygens (including phenoxy) is 2. The Hall–Kier alpha value is -2.44. The summed E-state index contributed by atoms with van der Waals surface area (Å²) in [6.07, 6.45) is 16.4. The van der Waals surface area contributed by atoms with Crippen LogP contribution in [0.4, 0.5) is 0 Å². The van der Waals surface area contributed by atoms with E-state index in [1.165, 1.54) is 6.40 Å². The summed E-state index contributed by atoms with van der Waals surface area (Å²) in [5.74, 6) is 0.0107. The topological polar surface area (TPSA) is 54.4 Å². The Morgan fingerprint density at radius 1 is 1.28 bits per heavy atom. The monoisotopic (exact) mass is 399 g/mol. The Kier molecular flexibility index (Phi) is 9.09. The molecule has 29 heavy (non-hydrogen) atoms. The van der Waals surface area contributed by atoms with Gasteiger partial charge in [0.05, 0.1) is 19.3 Å². The summed E-state index contributed by atoms with van der Waals surface area (Å²) in [5.41, 5.74) is 0.670. The van der Waals surface area contributed by atoms with Gasteiger partial charge in [-0.15, -0.1) is 0 Å². The third-order valence-corrected chi connectivity index (χ3v) is 5.23. The van der Waals surface area contributed by atoms with E-state index >= 15 is 0 Å². The summed E-state index contributed by atoms with van der Waals surface area (Å²) in [5, 5.41) is 0. The van der Waals surface area contributed by atoms with E-state index in [2.05, 4.69) is 23.1 Å². The number of nitrogens with zero attached hydrogens (tertiary/aromatic N) is 3. The van der Waals surface area contributed by atoms with Crippen LogP contribution in [0.5, 0.6) is 0 Å². The molecule has 158 valence electrons. The molecule has 2 fully saturated rings. The van der Waals surface area contributed by atoms with Crippen molar-refractivity contribution in [1.29, 1.82) is 0 Å². The third-order valence-electron chi connectivity index (χ3n) is 5.23. The van der Waals surface area contributed by atoms with Crippen molar-refractivity contribution in [1.82, 2.24) is 9.80 Å². The second-order valence-electron chi connectivity index (χ2n) is 7.33. The van der Waals surface area contributed by atoms with Crippen molar-refractivity contribution in [2.24, 2.45) is 4.99 Å². The number of methoxy groups -OCH3 is 1. The molecule has 1 spiro atoms. The van der Waals surface area contributed by atoms with Crippen molar-refractivity contribution < 1.29 is 14.3 Å². The van der Waals surface area contributed by atoms with E-state index < -0.39 is 6.10 Å². The van der Waals surface area contributed by atoms with Crippen molar-refractivity contribution >= 4 is 12.3 Å². The van der Waals surface area contributed by atoms with E-state index in [9.17, 15) is 4.79 Å². The van der Waals surface area contributed by atoms with Gasteiger partial charge in [0.15, 0.2) is 6.40 Å². The molecule has 2 aliphatic rings. The highest BCUT2D eigenvalue weighted by molar-refractivity contribution is 5.82. The van der Waals surface area contributed by atoms with Gasteiger partial charge in [0.2, 0.25) is 0 Å². The molecule has 0 aromatic rings. The molecule has 1 unspecified atom stereocenters. The zero-order valence-corrected chi connectivity index (χ0v) is 17.6. The molecular formula is C23H33N3O3. The molecule has 2 heterocycles. The maximum Gasteiger partial charge on any atom is 0.255 e. The number of carbonyl (C=O) groups is 1. The van der Waals surface area contributed by atoms with Crippen LogP contribution < -0.4 is 0 Å². The zero-order chi connectivity index (χ0) is 21.1. The van der Waals surface area contributed by atoms with Crippen LogP contribution in [-0.2, 0) is 14.3 Å². The van der Waals surface area contributed by atoms with Crippen LogP contribution in [0.25, 0.3) is 0 Å². The maximum atomic E-state index is 12.5. The van der Waals surface area contributed by atoms with Gasteiger partial charge in [-0.25, -0.2) is 4.99 Å². The third kappa shape index (κ3) is 6.84. The fourth-order valence-corrected chi connectivity index (χ4v) is 3.69. The van der Waals surface area contributed by atoms with Crippen LogP contribution in [0.15, 0.2) is 66.5 Å². The van der Waals surface area contributed by atoms with E-state index in [-0.39, 0.29) is 11.5 Å². The first kappa shape index (κ1) is 22.8. The summed E-state index contributed by atoms with van der Waals surface area (Å²) in [4.78, 5) is 21.0. The Labute approximate surface area is 174 Å². The standard InChI is InChI=1S/C23H33N3O3/c1-5-7-8-9-14-26-18-23(29-20(3)22(26)27)12-16-25(17-13-23)15-11-21(10-6-2)24-19-28-4/h5-10,14,19-20H,1-2,11-13,15-18H2,3-4H3/b8-7-,14-9+,21-10-,24-19?. The van der Waals surface area contributed by atoms with Gasteiger partial charge in [-0.05, 0) is 31.9 Å². The number of piperidine rings is 1. The molecule has 0 aromatic heterocycles. The van der Waals surface area contributed by atoms with E-state index in [1.54, 1.807) is 24.2 Å². The summed E-state index contributed by atoms with van der Waals surface area (Å²) < 4.78 is 11.1. The van der Waals surface area contributed by atoms with Crippen molar-refractivity contribution in [3.05, 3.63) is 61.5 Å². The number of carbonyl (C=O) groups excluding carboxylic acids is 1. The number of morpholine rings is 1. The van der Waals surface area contributed by atoms with Crippen LogP contribution in [-0.4, -0.2) is 67.1 Å². The molecule has 2 aliphatic heterocycles. The number of hydrogen-bond donors (Lipinski definition) is 0. The minimum Gasteiger partial charge on any atom is -0.486 e. The smallest absolute Gasteiger partial charge is 0.255 e. The first-order valence-corrected chi connectivity index (χ1v) is 10.1. The van der Waals surface area contributed by atoms with Crippen molar-refractivity contribution in [2.75, 3.05) is 33.3 Å². The minimum absolute atomic E-state index is 0.0107. The van der Waals surface area contributed by atoms with E-state index in [1.807, 2.05) is 37.4 Å². The Morgan fingerprint density at radius 3 is 2.69 bits per heavy atom. The van der Waals surface area contributed by atoms with Gasteiger partial charge in [-0.3, -0.25) is 4.79 Å². The molecule has 2 rings (SSSR count). The van der Waals surface area contributed by atoms with Crippen LogP contribution in [0, 0.1) is 0 Å². The summed E-state index contributed by atoms with van der Waals surface area (Å²) in [7, 11) is 1.59. The number of allylic oxidation sites excluding steroid dienone is 6. The SMILES string of the molecule is C=C/C=C\C=C\N1CC2(CCN(CC/C(=C/C=C)N=COC)CC2)OC(C)C1=O. The van der Waals surface area contributed by atoms with Gasteiger partial charge in [-0.2, -0.15) is 0 Å². The fraction of sp³-hybridized carbons (Fsp3) is 0.478. The lowest BCUT2D eigenvalue weighted by Gasteiger charge is -2.48. The first-order chi connectivity index (χ1) is 14.0. The lowest BCUT2D eigenvalue weighted by molar-refractivity contribution is -0.184. The van der Waals surface area contributed by atoms with Gasteiger partial charge >= 0.3 is 0 Å². The van der Waals surface area contributed by atoms with Gasteiger partial charge in [0.25, 0.3) is 5.91 Å². The highest BCUT2D eigenvalue weighted by atomic mass is 16.5. The predicted molar refractivity (Wildman–Crippen MR) is 118 cm³/mol. The average Bonchev–Trinajstić information content (AvgIpc) is 2.72. The Morgan fingerprint density at radius 2 is 2.03 bits per heavy atom. The molecule has 0 N–H and O–H groups in total. The number of hydrogen-bond acceptors (Lipinski definition) is 5. The van der Waals surface area contributed by atoms with E-state index in [0.29, 0.717) is 6.54 Å². The molecule has 6 nitrogen and oxygen atoms in total. The van der Waals surface area contributed by atoms with Crippen molar-refractivity contribution in [3.63, 3.8) is 0 Å². The van der Waals surface area contributed by atoms with Crippen LogP contribution >= 0.6 is 0 Å². The molecule has 1 amide bonds. The summed E-state index contributed by atoms with van der Waals surface area (Å²) >= 11 is 0. The number of aliphatic imine (C=N–C) groups is 1. The molecule has 0 aromatic carbocycles. The summed E-state index contributed by atoms with van der Waals surface area (Å²) in [6, 6.07) is 0. The number of amides is 1. The van der Waals surface area contributed by atoms with Gasteiger partial charge in [0.1, 0.15) is 6.10 Å². The number of rotatable bonds is 9. The van der Waals surface area contributed by atoms with Crippen molar-refractivity contribution in [3.8, 4) is 0 Å². The Bertz CT molecular complexity index is 685. The van der Waals surface area contributed by atoms with E-state index in [0.717, 1.165) is 44.6 Å². The lowest BCUT2D eigenvalue weighted by atomic mass is 9.88. The van der Waals surface area contributed by atoms with Crippen LogP contribution in [0.1, 0.15) is 26.2 Å². The highest BCUT2D eigenvalue weighted by Gasteiger charge is 2.44. The molecule has 0 bridgehead atoms. The van der Waals surface area contributed by atoms with E-state index in [4.69, 9.17) is 9.47 Å². The molecule has 1 atom stereocenters. The second kappa shape index (κ2) is 11.5. The fourth-order valence-electron chi connectivity index (χ4n) is 3.69. The van der Waals surface area contributed by atoms with Crippen molar-refractivity contribution in [2.45, 2.75) is 37.9 Å². The average molecular weight is 400 g/mol. The van der Waals surface area contributed by atoms with Crippen LogP contribution in [0.2, 0.25) is 0 Å². The summed E-state index contributed by atoms with van der Waals surface area (Å²) in [6.45, 7) is 12.6. The number of likely N-dealkylation sites (tertiary alicyclic amines) is 1. The highest BCUT2D eigenvalue weighted by Crippen LogP contribution is 2.33. The Balaban J connectivity index is 1.92. The van der Waals surface area contributed by atoms with Gasteiger partial charge < -0.3 is 19.3 Å². The second-order valence-corrected chi connectivity index (χ2v) is 7.33. The van der Waals surface area contributed by atoms with Gasteiger partial charge in [0, 0.05) is 38.0 Å². The quantitative estimate of drug-likeness (QED) is 0.338. The maximum absolute atomic E-state index is 12.5. The van der Waals surface area contributed by atoms with Gasteiger partial charge in [-0.1, -0.05) is 37.5 Å². The molecular weight excluding hydrogens is 366 g/mol. The zero-order valence-electron chi connectivity index (χ0n) is 17.6. The molecule has 2 saturated heterocycles. The first-order valence-electron chi connectivity index (χ1n) is 10.1. The lowest BCUT2D eigenvalue weighted by Crippen LogP contribution is -2.60. The minimum atomic E-state index is -0.422. The molecule has 6 heteroatoms. The van der Waals surface area contributed by atoms with Crippen LogP contribution in [0.3, 0.4) is 0 Å². The molecule has 0 radical (unpaired) electrons. The normalized spacial score (nSPS) is 23.5. The largest absolute Gasteiger partial charge is 0.486 e. The predicted octanol–water partition coefficient (Wildman–Crippen LogP) is 3.46. The molecule has 0 saturated carbocycles. The molecule has 0 aliphatic carbocycles.